The SMILES string of the molecule is CNCCC1NCCc2ccccc21. The van der Waals surface area contributed by atoms with Crippen LogP contribution in [0.3, 0.4) is 0 Å². The zero-order chi connectivity index (χ0) is 9.80. The van der Waals surface area contributed by atoms with Crippen molar-refractivity contribution in [1.29, 1.82) is 0 Å². The van der Waals surface area contributed by atoms with Gasteiger partial charge in [0.2, 0.25) is 0 Å². The van der Waals surface area contributed by atoms with Gasteiger partial charge in [0, 0.05) is 6.04 Å². The number of nitrogens with one attached hydrogen (secondary N) is 2. The summed E-state index contributed by atoms with van der Waals surface area (Å²) in [4.78, 5) is 0. The molecule has 1 aromatic rings. The van der Waals surface area contributed by atoms with E-state index in [9.17, 15) is 0 Å². The van der Waals surface area contributed by atoms with E-state index in [0.717, 1.165) is 13.1 Å². The summed E-state index contributed by atoms with van der Waals surface area (Å²) in [6.07, 6.45) is 2.35. The second-order valence-electron chi connectivity index (χ2n) is 3.85. The van der Waals surface area contributed by atoms with Gasteiger partial charge in [0.15, 0.2) is 0 Å². The third-order valence-corrected chi connectivity index (χ3v) is 2.90. The molecule has 0 fully saturated rings. The van der Waals surface area contributed by atoms with Crippen LogP contribution in [0, 0.1) is 0 Å². The normalized spacial score (nSPS) is 20.5. The van der Waals surface area contributed by atoms with E-state index in [4.69, 9.17) is 0 Å². The van der Waals surface area contributed by atoms with Crippen molar-refractivity contribution >= 4 is 0 Å². The highest BCUT2D eigenvalue weighted by molar-refractivity contribution is 5.32. The van der Waals surface area contributed by atoms with Gasteiger partial charge in [0.05, 0.1) is 0 Å². The van der Waals surface area contributed by atoms with Gasteiger partial charge in [-0.3, -0.25) is 0 Å². The van der Waals surface area contributed by atoms with Gasteiger partial charge in [-0.1, -0.05) is 24.3 Å². The zero-order valence-corrected chi connectivity index (χ0v) is 8.72. The van der Waals surface area contributed by atoms with E-state index < -0.39 is 0 Å². The molecule has 1 heterocycles. The molecule has 0 radical (unpaired) electrons. The van der Waals surface area contributed by atoms with Crippen molar-refractivity contribution in [3.8, 4) is 0 Å². The minimum atomic E-state index is 0.549. The van der Waals surface area contributed by atoms with Crippen LogP contribution in [-0.2, 0) is 6.42 Å². The Morgan fingerprint density at radius 3 is 3.14 bits per heavy atom. The van der Waals surface area contributed by atoms with Crippen LogP contribution in [0.1, 0.15) is 23.6 Å². The van der Waals surface area contributed by atoms with Crippen LogP contribution in [0.25, 0.3) is 0 Å². The second kappa shape index (κ2) is 4.58. The Morgan fingerprint density at radius 1 is 1.43 bits per heavy atom. The second-order valence-corrected chi connectivity index (χ2v) is 3.85. The van der Waals surface area contributed by atoms with E-state index in [1.54, 1.807) is 0 Å². The predicted molar refractivity (Wildman–Crippen MR) is 59.4 cm³/mol. The molecule has 1 atom stereocenters. The predicted octanol–water partition coefficient (Wildman–Crippen LogP) is 1.48. The molecule has 2 nitrogen and oxygen atoms in total. The Balaban J connectivity index is 2.14. The van der Waals surface area contributed by atoms with Crippen LogP contribution in [0.15, 0.2) is 24.3 Å². The van der Waals surface area contributed by atoms with Gasteiger partial charge in [0.1, 0.15) is 0 Å². The molecule has 1 aliphatic rings. The first-order valence-corrected chi connectivity index (χ1v) is 5.37. The number of hydrogen-bond acceptors (Lipinski definition) is 2. The lowest BCUT2D eigenvalue weighted by atomic mass is 9.92. The lowest BCUT2D eigenvalue weighted by Gasteiger charge is -2.26. The van der Waals surface area contributed by atoms with Gasteiger partial charge in [0.25, 0.3) is 0 Å². The van der Waals surface area contributed by atoms with Crippen molar-refractivity contribution in [2.24, 2.45) is 0 Å². The summed E-state index contributed by atoms with van der Waals surface area (Å²) in [5.41, 5.74) is 3.02. The summed E-state index contributed by atoms with van der Waals surface area (Å²) < 4.78 is 0. The van der Waals surface area contributed by atoms with Crippen LogP contribution in [-0.4, -0.2) is 20.1 Å². The van der Waals surface area contributed by atoms with Crippen molar-refractivity contribution in [2.45, 2.75) is 18.9 Å². The highest BCUT2D eigenvalue weighted by Gasteiger charge is 2.17. The Morgan fingerprint density at radius 2 is 2.29 bits per heavy atom. The average molecular weight is 190 g/mol. The molecular weight excluding hydrogens is 172 g/mol. The maximum Gasteiger partial charge on any atom is 0.0335 e. The Labute approximate surface area is 85.7 Å². The molecule has 0 bridgehead atoms. The molecular formula is C12H18N2. The lowest BCUT2D eigenvalue weighted by Crippen LogP contribution is -2.31. The van der Waals surface area contributed by atoms with E-state index >= 15 is 0 Å². The summed E-state index contributed by atoms with van der Waals surface area (Å²) in [5, 5.41) is 6.78. The molecule has 2 N–H and O–H groups in total. The van der Waals surface area contributed by atoms with Gasteiger partial charge in [-0.25, -0.2) is 0 Å². The van der Waals surface area contributed by atoms with E-state index in [1.165, 1.54) is 24.0 Å². The maximum atomic E-state index is 3.57. The van der Waals surface area contributed by atoms with Crippen LogP contribution in [0.2, 0.25) is 0 Å². The van der Waals surface area contributed by atoms with Crippen LogP contribution in [0.4, 0.5) is 0 Å². The minimum Gasteiger partial charge on any atom is -0.320 e. The topological polar surface area (TPSA) is 24.1 Å². The summed E-state index contributed by atoms with van der Waals surface area (Å²) in [6, 6.07) is 9.33. The highest BCUT2D eigenvalue weighted by Crippen LogP contribution is 2.24. The Kier molecular flexibility index (Phi) is 3.17. The molecule has 1 aromatic carbocycles. The van der Waals surface area contributed by atoms with E-state index in [-0.39, 0.29) is 0 Å². The van der Waals surface area contributed by atoms with Gasteiger partial charge < -0.3 is 10.6 Å². The monoisotopic (exact) mass is 190 g/mol. The largest absolute Gasteiger partial charge is 0.320 e. The first-order chi connectivity index (χ1) is 6.92. The summed E-state index contributed by atoms with van der Waals surface area (Å²) in [5.74, 6) is 0. The van der Waals surface area contributed by atoms with Gasteiger partial charge in [-0.05, 0) is 44.1 Å². The standard InChI is InChI=1S/C12H18N2/c1-13-8-7-12-11-5-3-2-4-10(11)6-9-14-12/h2-5,12-14H,6-9H2,1H3. The first-order valence-electron chi connectivity index (χ1n) is 5.37. The number of fused-ring (bicyclic) bond motifs is 1. The van der Waals surface area contributed by atoms with Crippen LogP contribution >= 0.6 is 0 Å². The molecule has 1 unspecified atom stereocenters. The van der Waals surface area contributed by atoms with E-state index in [2.05, 4.69) is 34.9 Å². The quantitative estimate of drug-likeness (QED) is 0.754. The minimum absolute atomic E-state index is 0.549. The fourth-order valence-corrected chi connectivity index (χ4v) is 2.14. The lowest BCUT2D eigenvalue weighted by molar-refractivity contribution is 0.468. The smallest absolute Gasteiger partial charge is 0.0335 e. The fraction of sp³-hybridized carbons (Fsp3) is 0.500. The Bertz CT molecular complexity index is 296. The Hall–Kier alpha value is -0.860. The summed E-state index contributed by atoms with van der Waals surface area (Å²) in [6.45, 7) is 2.19. The number of rotatable bonds is 3. The van der Waals surface area contributed by atoms with Crippen molar-refractivity contribution in [2.75, 3.05) is 20.1 Å². The molecule has 0 aromatic heterocycles. The molecule has 14 heavy (non-hydrogen) atoms. The van der Waals surface area contributed by atoms with E-state index in [0.29, 0.717) is 6.04 Å². The van der Waals surface area contributed by atoms with Gasteiger partial charge in [-0.15, -0.1) is 0 Å². The molecule has 0 spiro atoms. The fourth-order valence-electron chi connectivity index (χ4n) is 2.14. The average Bonchev–Trinajstić information content (AvgIpc) is 2.26. The van der Waals surface area contributed by atoms with E-state index in [1.807, 2.05) is 7.05 Å². The maximum absolute atomic E-state index is 3.57. The number of benzene rings is 1. The van der Waals surface area contributed by atoms with Crippen molar-refractivity contribution in [1.82, 2.24) is 10.6 Å². The summed E-state index contributed by atoms with van der Waals surface area (Å²) >= 11 is 0. The van der Waals surface area contributed by atoms with Crippen molar-refractivity contribution in [3.05, 3.63) is 35.4 Å². The highest BCUT2D eigenvalue weighted by atomic mass is 14.9. The van der Waals surface area contributed by atoms with Crippen LogP contribution in [0.5, 0.6) is 0 Å². The van der Waals surface area contributed by atoms with Gasteiger partial charge >= 0.3 is 0 Å². The van der Waals surface area contributed by atoms with Crippen molar-refractivity contribution < 1.29 is 0 Å². The third-order valence-electron chi connectivity index (χ3n) is 2.90. The molecule has 2 rings (SSSR count). The third kappa shape index (κ3) is 1.97. The molecule has 0 amide bonds. The molecule has 0 saturated heterocycles. The number of hydrogen-bond donors (Lipinski definition) is 2. The molecule has 0 saturated carbocycles. The molecule has 0 aliphatic carbocycles. The van der Waals surface area contributed by atoms with Gasteiger partial charge in [-0.2, -0.15) is 0 Å². The zero-order valence-electron chi connectivity index (χ0n) is 8.72. The molecule has 76 valence electrons. The summed E-state index contributed by atoms with van der Waals surface area (Å²) in [7, 11) is 2.01. The first kappa shape index (κ1) is 9.69. The molecule has 2 heteroatoms. The van der Waals surface area contributed by atoms with Crippen molar-refractivity contribution in [3.63, 3.8) is 0 Å². The molecule has 1 aliphatic heterocycles. The van der Waals surface area contributed by atoms with Crippen LogP contribution < -0.4 is 10.6 Å².